The van der Waals surface area contributed by atoms with Crippen LogP contribution in [-0.2, 0) is 14.6 Å². The van der Waals surface area contributed by atoms with Crippen LogP contribution in [0.1, 0.15) is 38.5 Å². The van der Waals surface area contributed by atoms with Crippen molar-refractivity contribution in [3.63, 3.8) is 0 Å². The standard InChI is InChI=1S/C15H23F2NO3S/c16-14(17)11-18(13-6-8-22(20,21)9-7-13)15(19)10-12-4-2-1-3-5-12/h1-2,12-14H,3-11H2. The minimum absolute atomic E-state index is 0.0170. The molecule has 1 unspecified atom stereocenters. The molecule has 1 aliphatic heterocycles. The van der Waals surface area contributed by atoms with E-state index in [4.69, 9.17) is 0 Å². The van der Waals surface area contributed by atoms with Gasteiger partial charge in [0.05, 0.1) is 18.1 Å². The van der Waals surface area contributed by atoms with E-state index in [2.05, 4.69) is 6.08 Å². The third-order valence-corrected chi connectivity index (χ3v) is 6.18. The van der Waals surface area contributed by atoms with Gasteiger partial charge in [0.15, 0.2) is 0 Å². The van der Waals surface area contributed by atoms with Gasteiger partial charge < -0.3 is 4.90 Å². The second kappa shape index (κ2) is 7.53. The molecule has 0 aromatic rings. The lowest BCUT2D eigenvalue weighted by Crippen LogP contribution is -2.47. The Morgan fingerprint density at radius 2 is 1.86 bits per heavy atom. The Labute approximate surface area is 130 Å². The second-order valence-electron chi connectivity index (χ2n) is 6.17. The highest BCUT2D eigenvalue weighted by molar-refractivity contribution is 7.91. The molecule has 2 rings (SSSR count). The number of hydrogen-bond donors (Lipinski definition) is 0. The molecular weight excluding hydrogens is 312 g/mol. The minimum atomic E-state index is -3.07. The number of amides is 1. The highest BCUT2D eigenvalue weighted by Crippen LogP contribution is 2.25. The average Bonchev–Trinajstić information content (AvgIpc) is 2.46. The van der Waals surface area contributed by atoms with Crippen LogP contribution in [0.4, 0.5) is 8.78 Å². The molecule has 1 heterocycles. The molecule has 1 atom stereocenters. The van der Waals surface area contributed by atoms with Gasteiger partial charge in [0.25, 0.3) is 6.43 Å². The summed E-state index contributed by atoms with van der Waals surface area (Å²) < 4.78 is 48.6. The number of carbonyl (C=O) groups is 1. The number of halogens is 2. The zero-order chi connectivity index (χ0) is 16.2. The normalized spacial score (nSPS) is 25.3. The van der Waals surface area contributed by atoms with E-state index in [1.165, 1.54) is 4.90 Å². The molecule has 0 aromatic carbocycles. The smallest absolute Gasteiger partial charge is 0.255 e. The van der Waals surface area contributed by atoms with E-state index in [0.717, 1.165) is 19.3 Å². The van der Waals surface area contributed by atoms with E-state index in [-0.39, 0.29) is 48.6 Å². The van der Waals surface area contributed by atoms with Crippen molar-refractivity contribution < 1.29 is 22.0 Å². The number of nitrogens with zero attached hydrogens (tertiary/aromatic N) is 1. The number of carbonyl (C=O) groups excluding carboxylic acids is 1. The van der Waals surface area contributed by atoms with Crippen LogP contribution in [0, 0.1) is 5.92 Å². The summed E-state index contributed by atoms with van der Waals surface area (Å²) in [6, 6.07) is -0.371. The van der Waals surface area contributed by atoms with Gasteiger partial charge in [-0.05, 0) is 38.0 Å². The molecular formula is C15H23F2NO3S. The number of allylic oxidation sites excluding steroid dienone is 2. The van der Waals surface area contributed by atoms with Crippen LogP contribution >= 0.6 is 0 Å². The van der Waals surface area contributed by atoms with Crippen LogP contribution in [0.15, 0.2) is 12.2 Å². The van der Waals surface area contributed by atoms with Crippen LogP contribution in [0.5, 0.6) is 0 Å². The van der Waals surface area contributed by atoms with E-state index < -0.39 is 22.8 Å². The molecule has 0 spiro atoms. The van der Waals surface area contributed by atoms with Crippen molar-refractivity contribution in [1.29, 1.82) is 0 Å². The molecule has 1 fully saturated rings. The maximum Gasteiger partial charge on any atom is 0.255 e. The first-order valence-corrected chi connectivity index (χ1v) is 9.62. The van der Waals surface area contributed by atoms with Gasteiger partial charge in [-0.25, -0.2) is 17.2 Å². The zero-order valence-electron chi connectivity index (χ0n) is 12.6. The molecule has 1 aliphatic carbocycles. The maximum atomic E-state index is 12.8. The van der Waals surface area contributed by atoms with Gasteiger partial charge in [-0.2, -0.15) is 0 Å². The summed E-state index contributed by atoms with van der Waals surface area (Å²) >= 11 is 0. The Morgan fingerprint density at radius 1 is 1.18 bits per heavy atom. The molecule has 1 saturated heterocycles. The maximum absolute atomic E-state index is 12.8. The summed E-state index contributed by atoms with van der Waals surface area (Å²) in [5, 5.41) is 0. The predicted octanol–water partition coefficient (Wildman–Crippen LogP) is 2.40. The first-order chi connectivity index (χ1) is 10.4. The van der Waals surface area contributed by atoms with Gasteiger partial charge in [0, 0.05) is 12.5 Å². The van der Waals surface area contributed by atoms with Gasteiger partial charge in [-0.3, -0.25) is 4.79 Å². The molecule has 1 amide bonds. The van der Waals surface area contributed by atoms with E-state index in [1.807, 2.05) is 6.08 Å². The predicted molar refractivity (Wildman–Crippen MR) is 80.5 cm³/mol. The zero-order valence-corrected chi connectivity index (χ0v) is 13.4. The third kappa shape index (κ3) is 5.04. The monoisotopic (exact) mass is 335 g/mol. The van der Waals surface area contributed by atoms with Crippen molar-refractivity contribution in [3.05, 3.63) is 12.2 Å². The number of hydrogen-bond acceptors (Lipinski definition) is 3. The molecule has 0 aromatic heterocycles. The summed E-state index contributed by atoms with van der Waals surface area (Å²) in [7, 11) is -3.07. The topological polar surface area (TPSA) is 54.5 Å². The molecule has 2 aliphatic rings. The summed E-state index contributed by atoms with van der Waals surface area (Å²) in [6.45, 7) is -0.591. The van der Waals surface area contributed by atoms with Crippen molar-refractivity contribution in [1.82, 2.24) is 4.90 Å². The van der Waals surface area contributed by atoms with Crippen molar-refractivity contribution in [3.8, 4) is 0 Å². The lowest BCUT2D eigenvalue weighted by atomic mass is 9.90. The van der Waals surface area contributed by atoms with Crippen molar-refractivity contribution >= 4 is 15.7 Å². The lowest BCUT2D eigenvalue weighted by Gasteiger charge is -2.35. The van der Waals surface area contributed by atoms with E-state index in [9.17, 15) is 22.0 Å². The molecule has 0 bridgehead atoms. The molecule has 0 N–H and O–H groups in total. The van der Waals surface area contributed by atoms with Gasteiger partial charge >= 0.3 is 0 Å². The third-order valence-electron chi connectivity index (χ3n) is 4.46. The van der Waals surface area contributed by atoms with E-state index in [1.54, 1.807) is 0 Å². The fourth-order valence-corrected chi connectivity index (χ4v) is 4.66. The Morgan fingerprint density at radius 3 is 2.41 bits per heavy atom. The number of rotatable bonds is 5. The molecule has 4 nitrogen and oxygen atoms in total. The highest BCUT2D eigenvalue weighted by atomic mass is 32.2. The second-order valence-corrected chi connectivity index (χ2v) is 8.48. The SMILES string of the molecule is O=C(CC1CC=CCC1)N(CC(F)F)C1CCS(=O)(=O)CC1. The summed E-state index contributed by atoms with van der Waals surface area (Å²) in [5.41, 5.74) is 0. The molecule has 7 heteroatoms. The summed E-state index contributed by atoms with van der Waals surface area (Å²) in [5.74, 6) is -0.0804. The fraction of sp³-hybridized carbons (Fsp3) is 0.800. The van der Waals surface area contributed by atoms with E-state index in [0.29, 0.717) is 0 Å². The summed E-state index contributed by atoms with van der Waals surface area (Å²) in [4.78, 5) is 13.7. The average molecular weight is 335 g/mol. The Balaban J connectivity index is 1.98. The van der Waals surface area contributed by atoms with E-state index >= 15 is 0 Å². The Hall–Kier alpha value is -0.980. The Kier molecular flexibility index (Phi) is 5.94. The van der Waals surface area contributed by atoms with Crippen LogP contribution < -0.4 is 0 Å². The highest BCUT2D eigenvalue weighted by Gasteiger charge is 2.32. The van der Waals surface area contributed by atoms with Gasteiger partial charge in [0.2, 0.25) is 5.91 Å². The Bertz CT molecular complexity index is 505. The molecule has 0 radical (unpaired) electrons. The number of alkyl halides is 2. The molecule has 0 saturated carbocycles. The quantitative estimate of drug-likeness (QED) is 0.725. The first-order valence-electron chi connectivity index (χ1n) is 7.80. The van der Waals surface area contributed by atoms with Gasteiger partial charge in [-0.1, -0.05) is 12.2 Å². The van der Waals surface area contributed by atoms with Gasteiger partial charge in [0.1, 0.15) is 9.84 Å². The van der Waals surface area contributed by atoms with Crippen LogP contribution in [0.3, 0.4) is 0 Å². The van der Waals surface area contributed by atoms with Crippen LogP contribution in [0.2, 0.25) is 0 Å². The van der Waals surface area contributed by atoms with Crippen LogP contribution in [0.25, 0.3) is 0 Å². The summed E-state index contributed by atoms with van der Waals surface area (Å²) in [6.07, 6.45) is 4.98. The minimum Gasteiger partial charge on any atom is -0.334 e. The largest absolute Gasteiger partial charge is 0.334 e. The van der Waals surface area contributed by atoms with Crippen molar-refractivity contribution in [2.75, 3.05) is 18.1 Å². The van der Waals surface area contributed by atoms with Crippen molar-refractivity contribution in [2.24, 2.45) is 5.92 Å². The van der Waals surface area contributed by atoms with Gasteiger partial charge in [-0.15, -0.1) is 0 Å². The first kappa shape index (κ1) is 17.4. The molecule has 126 valence electrons. The van der Waals surface area contributed by atoms with Crippen LogP contribution in [-0.4, -0.2) is 49.7 Å². The van der Waals surface area contributed by atoms with Crippen molar-refractivity contribution in [2.45, 2.75) is 51.0 Å². The fourth-order valence-electron chi connectivity index (χ4n) is 3.20. The molecule has 22 heavy (non-hydrogen) atoms. The number of sulfone groups is 1. The lowest BCUT2D eigenvalue weighted by molar-refractivity contribution is -0.137.